The SMILES string of the molecule is CN1CCOC(CNC(=O)c2ccc3c(c2)CNCC3)C1. The third-order valence-electron chi connectivity index (χ3n) is 4.19. The van der Waals surface area contributed by atoms with Crippen LogP contribution in [0.5, 0.6) is 0 Å². The fourth-order valence-electron chi connectivity index (χ4n) is 2.92. The van der Waals surface area contributed by atoms with Crippen LogP contribution < -0.4 is 10.6 Å². The van der Waals surface area contributed by atoms with E-state index in [0.717, 1.165) is 44.8 Å². The number of likely N-dealkylation sites (N-methyl/N-ethyl adjacent to an activating group) is 1. The van der Waals surface area contributed by atoms with Crippen molar-refractivity contribution in [1.29, 1.82) is 0 Å². The van der Waals surface area contributed by atoms with Crippen molar-refractivity contribution in [3.8, 4) is 0 Å². The second kappa shape index (κ2) is 6.56. The second-order valence-electron chi connectivity index (χ2n) is 5.88. The normalized spacial score (nSPS) is 22.6. The number of nitrogens with zero attached hydrogens (tertiary/aromatic N) is 1. The highest BCUT2D eigenvalue weighted by Gasteiger charge is 2.19. The Labute approximate surface area is 125 Å². The minimum absolute atomic E-state index is 0.0137. The Morgan fingerprint density at radius 3 is 3.24 bits per heavy atom. The zero-order chi connectivity index (χ0) is 14.7. The minimum atomic E-state index is -0.0137. The average molecular weight is 289 g/mol. The van der Waals surface area contributed by atoms with Gasteiger partial charge in [0.25, 0.3) is 5.91 Å². The third kappa shape index (κ3) is 3.61. The smallest absolute Gasteiger partial charge is 0.251 e. The van der Waals surface area contributed by atoms with Crippen molar-refractivity contribution in [2.45, 2.75) is 19.1 Å². The molecule has 0 spiro atoms. The zero-order valence-electron chi connectivity index (χ0n) is 12.5. The number of morpholine rings is 1. The summed E-state index contributed by atoms with van der Waals surface area (Å²) in [6, 6.07) is 6.01. The van der Waals surface area contributed by atoms with Crippen LogP contribution in [-0.2, 0) is 17.7 Å². The molecule has 0 aliphatic carbocycles. The van der Waals surface area contributed by atoms with Gasteiger partial charge in [-0.05, 0) is 43.3 Å². The van der Waals surface area contributed by atoms with Crippen LogP contribution in [0, 0.1) is 0 Å². The number of amides is 1. The zero-order valence-corrected chi connectivity index (χ0v) is 12.5. The molecule has 0 radical (unpaired) electrons. The van der Waals surface area contributed by atoms with Gasteiger partial charge >= 0.3 is 0 Å². The number of fused-ring (bicyclic) bond motifs is 1. The fraction of sp³-hybridized carbons (Fsp3) is 0.562. The van der Waals surface area contributed by atoms with Gasteiger partial charge in [0.1, 0.15) is 0 Å². The standard InChI is InChI=1S/C16H23N3O2/c1-19-6-7-21-15(11-19)10-18-16(20)13-3-2-12-4-5-17-9-14(12)8-13/h2-3,8,15,17H,4-7,9-11H2,1H3,(H,18,20). The molecule has 1 amide bonds. The molecule has 3 rings (SSSR count). The summed E-state index contributed by atoms with van der Waals surface area (Å²) in [5, 5.41) is 6.32. The molecule has 114 valence electrons. The summed E-state index contributed by atoms with van der Waals surface area (Å²) in [5.74, 6) is -0.0137. The molecule has 1 aromatic rings. The Hall–Kier alpha value is -1.43. The van der Waals surface area contributed by atoms with Gasteiger partial charge in [0.15, 0.2) is 0 Å². The molecule has 2 aliphatic rings. The van der Waals surface area contributed by atoms with Crippen LogP contribution in [0.1, 0.15) is 21.5 Å². The Kier molecular flexibility index (Phi) is 4.53. The van der Waals surface area contributed by atoms with Gasteiger partial charge < -0.3 is 20.3 Å². The molecule has 1 aromatic carbocycles. The van der Waals surface area contributed by atoms with E-state index < -0.39 is 0 Å². The van der Waals surface area contributed by atoms with E-state index in [1.54, 1.807) is 0 Å². The van der Waals surface area contributed by atoms with Crippen LogP contribution >= 0.6 is 0 Å². The summed E-state index contributed by atoms with van der Waals surface area (Å²) in [4.78, 5) is 14.5. The van der Waals surface area contributed by atoms with E-state index in [9.17, 15) is 4.79 Å². The predicted molar refractivity (Wildman–Crippen MR) is 81.4 cm³/mol. The summed E-state index contributed by atoms with van der Waals surface area (Å²) < 4.78 is 5.66. The molecular formula is C16H23N3O2. The first-order valence-electron chi connectivity index (χ1n) is 7.63. The van der Waals surface area contributed by atoms with Gasteiger partial charge in [0.2, 0.25) is 0 Å². The molecule has 2 N–H and O–H groups in total. The predicted octanol–water partition coefficient (Wildman–Crippen LogP) is 0.393. The van der Waals surface area contributed by atoms with E-state index in [4.69, 9.17) is 4.74 Å². The van der Waals surface area contributed by atoms with E-state index in [1.807, 2.05) is 12.1 Å². The van der Waals surface area contributed by atoms with Crippen LogP contribution in [0.3, 0.4) is 0 Å². The van der Waals surface area contributed by atoms with E-state index in [1.165, 1.54) is 11.1 Å². The van der Waals surface area contributed by atoms with E-state index in [-0.39, 0.29) is 12.0 Å². The van der Waals surface area contributed by atoms with Gasteiger partial charge in [0, 0.05) is 31.7 Å². The van der Waals surface area contributed by atoms with Gasteiger partial charge in [-0.1, -0.05) is 6.07 Å². The maximum absolute atomic E-state index is 12.3. The first-order chi connectivity index (χ1) is 10.2. The summed E-state index contributed by atoms with van der Waals surface area (Å²) in [6.45, 7) is 5.01. The Morgan fingerprint density at radius 2 is 2.38 bits per heavy atom. The van der Waals surface area contributed by atoms with Crippen molar-refractivity contribution in [2.24, 2.45) is 0 Å². The van der Waals surface area contributed by atoms with Crippen LogP contribution in [0.4, 0.5) is 0 Å². The molecule has 1 fully saturated rings. The van der Waals surface area contributed by atoms with Crippen molar-refractivity contribution < 1.29 is 9.53 Å². The molecular weight excluding hydrogens is 266 g/mol. The lowest BCUT2D eigenvalue weighted by molar-refractivity contribution is -0.0175. The van der Waals surface area contributed by atoms with Crippen LogP contribution in [-0.4, -0.2) is 56.7 Å². The second-order valence-corrected chi connectivity index (χ2v) is 5.88. The highest BCUT2D eigenvalue weighted by atomic mass is 16.5. The quantitative estimate of drug-likeness (QED) is 0.845. The molecule has 1 unspecified atom stereocenters. The van der Waals surface area contributed by atoms with Crippen LogP contribution in [0.15, 0.2) is 18.2 Å². The van der Waals surface area contributed by atoms with Crippen molar-refractivity contribution in [2.75, 3.05) is 39.8 Å². The number of nitrogens with one attached hydrogen (secondary N) is 2. The van der Waals surface area contributed by atoms with Crippen LogP contribution in [0.25, 0.3) is 0 Å². The first kappa shape index (κ1) is 14.5. The number of hydrogen-bond acceptors (Lipinski definition) is 4. The summed E-state index contributed by atoms with van der Waals surface area (Å²) in [7, 11) is 2.08. The Morgan fingerprint density at radius 1 is 1.48 bits per heavy atom. The largest absolute Gasteiger partial charge is 0.374 e. The molecule has 21 heavy (non-hydrogen) atoms. The van der Waals surface area contributed by atoms with Gasteiger partial charge in [0.05, 0.1) is 12.7 Å². The first-order valence-corrected chi connectivity index (χ1v) is 7.63. The molecule has 0 bridgehead atoms. The summed E-state index contributed by atoms with van der Waals surface area (Å²) >= 11 is 0. The number of benzene rings is 1. The lowest BCUT2D eigenvalue weighted by atomic mass is 9.98. The number of ether oxygens (including phenoxy) is 1. The molecule has 5 heteroatoms. The topological polar surface area (TPSA) is 53.6 Å². The molecule has 1 saturated heterocycles. The van der Waals surface area contributed by atoms with Crippen LogP contribution in [0.2, 0.25) is 0 Å². The molecule has 0 aromatic heterocycles. The molecule has 5 nitrogen and oxygen atoms in total. The maximum Gasteiger partial charge on any atom is 0.251 e. The Balaban J connectivity index is 1.57. The van der Waals surface area contributed by atoms with Crippen molar-refractivity contribution in [1.82, 2.24) is 15.5 Å². The number of rotatable bonds is 3. The number of carbonyl (C=O) groups is 1. The molecule has 1 atom stereocenters. The molecule has 2 heterocycles. The van der Waals surface area contributed by atoms with Crippen molar-refractivity contribution >= 4 is 5.91 Å². The number of hydrogen-bond donors (Lipinski definition) is 2. The Bertz CT molecular complexity index is 518. The van der Waals surface area contributed by atoms with Crippen molar-refractivity contribution in [3.05, 3.63) is 34.9 Å². The highest BCUT2D eigenvalue weighted by Crippen LogP contribution is 2.16. The van der Waals surface area contributed by atoms with Crippen molar-refractivity contribution in [3.63, 3.8) is 0 Å². The highest BCUT2D eigenvalue weighted by molar-refractivity contribution is 5.94. The summed E-state index contributed by atoms with van der Waals surface area (Å²) in [5.41, 5.74) is 3.33. The lowest BCUT2D eigenvalue weighted by Crippen LogP contribution is -2.45. The third-order valence-corrected chi connectivity index (χ3v) is 4.19. The monoisotopic (exact) mass is 289 g/mol. The van der Waals surface area contributed by atoms with Gasteiger partial charge in [-0.25, -0.2) is 0 Å². The average Bonchev–Trinajstić information content (AvgIpc) is 2.52. The lowest BCUT2D eigenvalue weighted by Gasteiger charge is -2.30. The minimum Gasteiger partial charge on any atom is -0.374 e. The molecule has 2 aliphatic heterocycles. The van der Waals surface area contributed by atoms with Gasteiger partial charge in [-0.2, -0.15) is 0 Å². The summed E-state index contributed by atoms with van der Waals surface area (Å²) in [6.07, 6.45) is 1.13. The number of carbonyl (C=O) groups excluding carboxylic acids is 1. The fourth-order valence-corrected chi connectivity index (χ4v) is 2.92. The van der Waals surface area contributed by atoms with E-state index in [0.29, 0.717) is 6.54 Å². The van der Waals surface area contributed by atoms with E-state index >= 15 is 0 Å². The molecule has 0 saturated carbocycles. The maximum atomic E-state index is 12.3. The van der Waals surface area contributed by atoms with Gasteiger partial charge in [-0.3, -0.25) is 4.79 Å². The van der Waals surface area contributed by atoms with Gasteiger partial charge in [-0.15, -0.1) is 0 Å². The van der Waals surface area contributed by atoms with E-state index in [2.05, 4.69) is 28.6 Å².